The first kappa shape index (κ1) is 28.8. The topological polar surface area (TPSA) is 92.0 Å². The number of carbonyl (C=O) groups is 1. The Bertz CT molecular complexity index is 1650. The maximum atomic E-state index is 13.5. The Kier molecular flexibility index (Phi) is 8.58. The number of fused-ring (bicyclic) bond motifs is 1. The standard InChI is InChI=1S/C28H23BrF3N3O5/c1-4-39-27(37)16(2)40-24-18(13-20(29)14-23(24)38-3)15-33-35-25(17-8-7-9-19(12-17)28(30,31)32)34-22-11-6-5-10-21(22)26(35)36/h5-16H,4H2,1-3H3/t16-/m0/s1. The van der Waals surface area contributed by atoms with Gasteiger partial charge in [0.25, 0.3) is 5.56 Å². The van der Waals surface area contributed by atoms with E-state index in [0.717, 1.165) is 16.8 Å². The van der Waals surface area contributed by atoms with Crippen LogP contribution in [0.5, 0.6) is 11.5 Å². The van der Waals surface area contributed by atoms with Gasteiger partial charge in [0.05, 0.1) is 36.4 Å². The van der Waals surface area contributed by atoms with Crippen LogP contribution in [0, 0.1) is 0 Å². The number of hydrogen-bond donors (Lipinski definition) is 0. The van der Waals surface area contributed by atoms with Crippen LogP contribution in [-0.2, 0) is 15.7 Å². The minimum atomic E-state index is -4.60. The SMILES string of the molecule is CCOC(=O)[C@H](C)Oc1c(C=Nn2c(-c3cccc(C(F)(F)F)c3)nc3ccccc3c2=O)cc(Br)cc1OC. The van der Waals surface area contributed by atoms with Crippen LogP contribution in [0.15, 0.2) is 75.0 Å². The van der Waals surface area contributed by atoms with Gasteiger partial charge in [-0.2, -0.15) is 22.9 Å². The molecule has 1 aromatic heterocycles. The van der Waals surface area contributed by atoms with E-state index in [-0.39, 0.29) is 34.9 Å². The van der Waals surface area contributed by atoms with Crippen molar-refractivity contribution in [1.82, 2.24) is 9.66 Å². The summed E-state index contributed by atoms with van der Waals surface area (Å²) in [5, 5.41) is 4.54. The first-order valence-corrected chi connectivity index (χ1v) is 12.8. The average Bonchev–Trinajstić information content (AvgIpc) is 2.93. The first-order chi connectivity index (χ1) is 19.0. The van der Waals surface area contributed by atoms with Crippen LogP contribution in [0.4, 0.5) is 13.2 Å². The lowest BCUT2D eigenvalue weighted by atomic mass is 10.1. The van der Waals surface area contributed by atoms with E-state index in [4.69, 9.17) is 14.2 Å². The highest BCUT2D eigenvalue weighted by Gasteiger charge is 2.31. The second kappa shape index (κ2) is 11.9. The van der Waals surface area contributed by atoms with E-state index >= 15 is 0 Å². The molecule has 0 spiro atoms. The van der Waals surface area contributed by atoms with Gasteiger partial charge in [0.15, 0.2) is 23.4 Å². The first-order valence-electron chi connectivity index (χ1n) is 12.0. The number of aromatic nitrogens is 2. The molecule has 0 aliphatic heterocycles. The van der Waals surface area contributed by atoms with Crippen LogP contribution in [-0.4, -0.2) is 41.7 Å². The lowest BCUT2D eigenvalue weighted by Gasteiger charge is -2.18. The number of para-hydroxylation sites is 1. The third-order valence-corrected chi connectivity index (χ3v) is 6.15. The summed E-state index contributed by atoms with van der Waals surface area (Å²) in [6, 6.07) is 14.1. The summed E-state index contributed by atoms with van der Waals surface area (Å²) in [5.74, 6) is -0.306. The number of methoxy groups -OCH3 is 1. The van der Waals surface area contributed by atoms with Crippen LogP contribution in [0.25, 0.3) is 22.3 Å². The molecule has 8 nitrogen and oxygen atoms in total. The lowest BCUT2D eigenvalue weighted by molar-refractivity contribution is -0.150. The van der Waals surface area contributed by atoms with Crippen LogP contribution in [0.3, 0.4) is 0 Å². The van der Waals surface area contributed by atoms with E-state index in [1.54, 1.807) is 43.3 Å². The van der Waals surface area contributed by atoms with Crippen molar-refractivity contribution >= 4 is 39.0 Å². The Morgan fingerprint density at radius 3 is 2.60 bits per heavy atom. The van der Waals surface area contributed by atoms with Gasteiger partial charge in [-0.1, -0.05) is 40.2 Å². The number of nitrogens with zero attached hydrogens (tertiary/aromatic N) is 3. The molecule has 0 aliphatic carbocycles. The predicted molar refractivity (Wildman–Crippen MR) is 147 cm³/mol. The quantitative estimate of drug-likeness (QED) is 0.176. The molecule has 4 aromatic rings. The number of rotatable bonds is 8. The van der Waals surface area contributed by atoms with Gasteiger partial charge >= 0.3 is 12.1 Å². The van der Waals surface area contributed by atoms with Gasteiger partial charge in [-0.3, -0.25) is 4.79 Å². The molecule has 0 saturated heterocycles. The fraction of sp³-hybridized carbons (Fsp3) is 0.214. The molecule has 0 amide bonds. The van der Waals surface area contributed by atoms with Crippen molar-refractivity contribution in [3.8, 4) is 22.9 Å². The van der Waals surface area contributed by atoms with Gasteiger partial charge in [-0.05, 0) is 50.2 Å². The van der Waals surface area contributed by atoms with Gasteiger partial charge in [0, 0.05) is 15.6 Å². The third-order valence-electron chi connectivity index (χ3n) is 5.70. The van der Waals surface area contributed by atoms with Crippen molar-refractivity contribution in [3.05, 3.63) is 86.6 Å². The summed E-state index contributed by atoms with van der Waals surface area (Å²) >= 11 is 3.38. The van der Waals surface area contributed by atoms with Gasteiger partial charge in [0.1, 0.15) is 0 Å². The van der Waals surface area contributed by atoms with E-state index in [2.05, 4.69) is 26.0 Å². The molecule has 0 N–H and O–H groups in total. The van der Waals surface area contributed by atoms with E-state index in [9.17, 15) is 22.8 Å². The monoisotopic (exact) mass is 617 g/mol. The number of alkyl halides is 3. The minimum Gasteiger partial charge on any atom is -0.493 e. The molecule has 208 valence electrons. The molecule has 0 aliphatic rings. The molecule has 0 unspecified atom stereocenters. The normalized spacial score (nSPS) is 12.5. The molecule has 0 bridgehead atoms. The van der Waals surface area contributed by atoms with Crippen LogP contribution < -0.4 is 15.0 Å². The van der Waals surface area contributed by atoms with Gasteiger partial charge in [-0.25, -0.2) is 9.78 Å². The minimum absolute atomic E-state index is 0.0362. The summed E-state index contributed by atoms with van der Waals surface area (Å²) in [4.78, 5) is 30.2. The fourth-order valence-corrected chi connectivity index (χ4v) is 4.27. The molecule has 1 heterocycles. The van der Waals surface area contributed by atoms with Crippen LogP contribution in [0.1, 0.15) is 25.0 Å². The highest BCUT2D eigenvalue weighted by Crippen LogP contribution is 2.35. The third kappa shape index (κ3) is 6.17. The molecule has 3 aromatic carbocycles. The Labute approximate surface area is 235 Å². The number of ether oxygens (including phenoxy) is 3. The maximum Gasteiger partial charge on any atom is 0.416 e. The molecule has 0 saturated carbocycles. The number of benzene rings is 3. The van der Waals surface area contributed by atoms with Crippen molar-refractivity contribution in [3.63, 3.8) is 0 Å². The van der Waals surface area contributed by atoms with Gasteiger partial charge in [-0.15, -0.1) is 0 Å². The second-order valence-electron chi connectivity index (χ2n) is 8.43. The molecule has 12 heteroatoms. The number of hydrogen-bond acceptors (Lipinski definition) is 7. The number of halogens is 4. The van der Waals surface area contributed by atoms with Crippen LogP contribution >= 0.6 is 15.9 Å². The summed E-state index contributed by atoms with van der Waals surface area (Å²) in [6.07, 6.45) is -4.33. The number of carbonyl (C=O) groups excluding carboxylic acids is 1. The van der Waals surface area contributed by atoms with Crippen molar-refractivity contribution < 1.29 is 32.2 Å². The molecule has 0 fully saturated rings. The molecule has 40 heavy (non-hydrogen) atoms. The summed E-state index contributed by atoms with van der Waals surface area (Å²) in [7, 11) is 1.41. The smallest absolute Gasteiger partial charge is 0.416 e. The summed E-state index contributed by atoms with van der Waals surface area (Å²) < 4.78 is 58.2. The van der Waals surface area contributed by atoms with E-state index in [1.807, 2.05) is 0 Å². The zero-order chi connectivity index (χ0) is 29.0. The maximum absolute atomic E-state index is 13.5. The summed E-state index contributed by atoms with van der Waals surface area (Å²) in [5.41, 5.74) is -0.865. The zero-order valence-corrected chi connectivity index (χ0v) is 23.1. The highest BCUT2D eigenvalue weighted by molar-refractivity contribution is 9.10. The zero-order valence-electron chi connectivity index (χ0n) is 21.5. The largest absolute Gasteiger partial charge is 0.493 e. The Hall–Kier alpha value is -4.19. The molecule has 4 rings (SSSR count). The lowest BCUT2D eigenvalue weighted by Crippen LogP contribution is -2.26. The van der Waals surface area contributed by atoms with Gasteiger partial charge < -0.3 is 14.2 Å². The molecular weight excluding hydrogens is 595 g/mol. The molecular formula is C28H23BrF3N3O5. The highest BCUT2D eigenvalue weighted by atomic mass is 79.9. The molecule has 1 atom stereocenters. The second-order valence-corrected chi connectivity index (χ2v) is 9.35. The Balaban J connectivity index is 1.90. The average molecular weight is 618 g/mol. The van der Waals surface area contributed by atoms with E-state index < -0.39 is 29.4 Å². The van der Waals surface area contributed by atoms with Crippen molar-refractivity contribution in [2.45, 2.75) is 26.1 Å². The predicted octanol–water partition coefficient (Wildman–Crippen LogP) is 6.07. The Morgan fingerprint density at radius 1 is 1.15 bits per heavy atom. The fourth-order valence-electron chi connectivity index (χ4n) is 3.82. The van der Waals surface area contributed by atoms with E-state index in [0.29, 0.717) is 15.6 Å². The van der Waals surface area contributed by atoms with Crippen molar-refractivity contribution in [1.29, 1.82) is 0 Å². The summed E-state index contributed by atoms with van der Waals surface area (Å²) in [6.45, 7) is 3.33. The molecule has 0 radical (unpaired) electrons. The Morgan fingerprint density at radius 2 is 1.90 bits per heavy atom. The van der Waals surface area contributed by atoms with Crippen molar-refractivity contribution in [2.75, 3.05) is 13.7 Å². The van der Waals surface area contributed by atoms with Crippen molar-refractivity contribution in [2.24, 2.45) is 5.10 Å². The van der Waals surface area contributed by atoms with Crippen LogP contribution in [0.2, 0.25) is 0 Å². The van der Waals surface area contributed by atoms with Gasteiger partial charge in [0.2, 0.25) is 0 Å². The van der Waals surface area contributed by atoms with E-state index in [1.165, 1.54) is 32.4 Å². The number of esters is 1.